The van der Waals surface area contributed by atoms with E-state index in [1.807, 2.05) is 0 Å². The molecule has 0 aliphatic carbocycles. The van der Waals surface area contributed by atoms with Gasteiger partial charge in [0.05, 0.1) is 0 Å². The average Bonchev–Trinajstić information content (AvgIpc) is 2.38. The van der Waals surface area contributed by atoms with E-state index in [0.717, 1.165) is 6.61 Å². The van der Waals surface area contributed by atoms with Crippen LogP contribution in [0.1, 0.15) is 19.3 Å². The molecule has 0 aromatic heterocycles. The SMILES string of the molecule is COCCCCN1CCCN(C)CC1. The summed E-state index contributed by atoms with van der Waals surface area (Å²) in [5.74, 6) is 0. The Morgan fingerprint density at radius 2 is 1.93 bits per heavy atom. The first-order valence-corrected chi connectivity index (χ1v) is 5.73. The highest BCUT2D eigenvalue weighted by atomic mass is 16.5. The summed E-state index contributed by atoms with van der Waals surface area (Å²) in [5, 5.41) is 0. The van der Waals surface area contributed by atoms with E-state index in [1.54, 1.807) is 7.11 Å². The van der Waals surface area contributed by atoms with Gasteiger partial charge in [0.25, 0.3) is 0 Å². The molecule has 0 radical (unpaired) electrons. The van der Waals surface area contributed by atoms with Gasteiger partial charge < -0.3 is 14.5 Å². The Labute approximate surface area is 88.0 Å². The maximum atomic E-state index is 5.05. The van der Waals surface area contributed by atoms with Crippen molar-refractivity contribution >= 4 is 0 Å². The van der Waals surface area contributed by atoms with Crippen molar-refractivity contribution in [1.29, 1.82) is 0 Å². The number of methoxy groups -OCH3 is 1. The molecule has 3 nitrogen and oxygen atoms in total. The van der Waals surface area contributed by atoms with Gasteiger partial charge in [-0.3, -0.25) is 0 Å². The number of unbranched alkanes of at least 4 members (excludes halogenated alkanes) is 1. The lowest BCUT2D eigenvalue weighted by Gasteiger charge is -2.19. The topological polar surface area (TPSA) is 15.7 Å². The molecule has 1 aliphatic rings. The van der Waals surface area contributed by atoms with Crippen LogP contribution in [0, 0.1) is 0 Å². The van der Waals surface area contributed by atoms with Gasteiger partial charge in [-0.25, -0.2) is 0 Å². The van der Waals surface area contributed by atoms with Crippen molar-refractivity contribution < 1.29 is 4.74 Å². The molecule has 1 fully saturated rings. The van der Waals surface area contributed by atoms with Crippen molar-refractivity contribution in [3.63, 3.8) is 0 Å². The van der Waals surface area contributed by atoms with Gasteiger partial charge in [0, 0.05) is 26.8 Å². The van der Waals surface area contributed by atoms with Crippen LogP contribution in [0.25, 0.3) is 0 Å². The first-order chi connectivity index (χ1) is 6.83. The summed E-state index contributed by atoms with van der Waals surface area (Å²) in [7, 11) is 4.00. The van der Waals surface area contributed by atoms with E-state index in [1.165, 1.54) is 52.0 Å². The Hall–Kier alpha value is -0.120. The molecule has 0 aromatic carbocycles. The highest BCUT2D eigenvalue weighted by molar-refractivity contribution is 4.66. The largest absolute Gasteiger partial charge is 0.385 e. The molecule has 3 heteroatoms. The van der Waals surface area contributed by atoms with E-state index in [4.69, 9.17) is 4.74 Å². The first-order valence-electron chi connectivity index (χ1n) is 5.73. The van der Waals surface area contributed by atoms with E-state index in [-0.39, 0.29) is 0 Å². The maximum absolute atomic E-state index is 5.05. The van der Waals surface area contributed by atoms with Gasteiger partial charge in [-0.05, 0) is 45.9 Å². The predicted octanol–water partition coefficient (Wildman–Crippen LogP) is 1.05. The fourth-order valence-electron chi connectivity index (χ4n) is 1.91. The Morgan fingerprint density at radius 1 is 1.07 bits per heavy atom. The van der Waals surface area contributed by atoms with Crippen molar-refractivity contribution in [2.24, 2.45) is 0 Å². The van der Waals surface area contributed by atoms with Gasteiger partial charge in [-0.2, -0.15) is 0 Å². The zero-order valence-corrected chi connectivity index (χ0v) is 9.67. The number of ether oxygens (including phenoxy) is 1. The Bertz CT molecular complexity index is 141. The molecule has 0 aromatic rings. The quantitative estimate of drug-likeness (QED) is 0.617. The third-order valence-electron chi connectivity index (χ3n) is 2.88. The van der Waals surface area contributed by atoms with E-state index in [2.05, 4.69) is 16.8 Å². The number of likely N-dealkylation sites (N-methyl/N-ethyl adjacent to an activating group) is 1. The summed E-state index contributed by atoms with van der Waals surface area (Å²) in [6, 6.07) is 0. The molecule has 0 amide bonds. The number of hydrogen-bond donors (Lipinski definition) is 0. The van der Waals surface area contributed by atoms with Crippen molar-refractivity contribution in [2.75, 3.05) is 53.5 Å². The first kappa shape index (κ1) is 12.0. The molecule has 0 spiro atoms. The summed E-state index contributed by atoms with van der Waals surface area (Å²) in [6.07, 6.45) is 3.79. The molecule has 0 atom stereocenters. The highest BCUT2D eigenvalue weighted by Gasteiger charge is 2.10. The van der Waals surface area contributed by atoms with Crippen molar-refractivity contribution in [2.45, 2.75) is 19.3 Å². The molecule has 1 rings (SSSR count). The lowest BCUT2D eigenvalue weighted by atomic mass is 10.3. The molecule has 1 heterocycles. The van der Waals surface area contributed by atoms with Gasteiger partial charge in [0.1, 0.15) is 0 Å². The van der Waals surface area contributed by atoms with E-state index >= 15 is 0 Å². The summed E-state index contributed by atoms with van der Waals surface area (Å²) < 4.78 is 5.05. The van der Waals surface area contributed by atoms with Crippen LogP contribution >= 0.6 is 0 Å². The van der Waals surface area contributed by atoms with Crippen LogP contribution in [0.2, 0.25) is 0 Å². The Balaban J connectivity index is 2.05. The predicted molar refractivity (Wildman–Crippen MR) is 59.7 cm³/mol. The monoisotopic (exact) mass is 200 g/mol. The van der Waals surface area contributed by atoms with Gasteiger partial charge >= 0.3 is 0 Å². The van der Waals surface area contributed by atoms with Gasteiger partial charge in [-0.15, -0.1) is 0 Å². The Morgan fingerprint density at radius 3 is 2.71 bits per heavy atom. The zero-order valence-electron chi connectivity index (χ0n) is 9.67. The zero-order chi connectivity index (χ0) is 10.2. The summed E-state index contributed by atoms with van der Waals surface area (Å²) >= 11 is 0. The van der Waals surface area contributed by atoms with Crippen LogP contribution in [0.5, 0.6) is 0 Å². The second-order valence-corrected chi connectivity index (χ2v) is 4.20. The molecular weight excluding hydrogens is 176 g/mol. The smallest absolute Gasteiger partial charge is 0.0462 e. The minimum atomic E-state index is 0.910. The second kappa shape index (κ2) is 7.21. The second-order valence-electron chi connectivity index (χ2n) is 4.20. The lowest BCUT2D eigenvalue weighted by Crippen LogP contribution is -2.29. The minimum Gasteiger partial charge on any atom is -0.385 e. The van der Waals surface area contributed by atoms with Crippen molar-refractivity contribution in [3.8, 4) is 0 Å². The Kier molecular flexibility index (Phi) is 6.15. The van der Waals surface area contributed by atoms with Crippen LogP contribution < -0.4 is 0 Å². The number of hydrogen-bond acceptors (Lipinski definition) is 3. The molecule has 0 unspecified atom stereocenters. The van der Waals surface area contributed by atoms with E-state index in [9.17, 15) is 0 Å². The van der Waals surface area contributed by atoms with Crippen LogP contribution in [0.3, 0.4) is 0 Å². The maximum Gasteiger partial charge on any atom is 0.0462 e. The molecule has 0 bridgehead atoms. The summed E-state index contributed by atoms with van der Waals surface area (Å²) in [5.41, 5.74) is 0. The molecule has 1 aliphatic heterocycles. The molecule has 14 heavy (non-hydrogen) atoms. The number of rotatable bonds is 5. The van der Waals surface area contributed by atoms with Gasteiger partial charge in [0.2, 0.25) is 0 Å². The molecule has 0 saturated carbocycles. The molecule has 84 valence electrons. The van der Waals surface area contributed by atoms with Crippen molar-refractivity contribution in [1.82, 2.24) is 9.80 Å². The highest BCUT2D eigenvalue weighted by Crippen LogP contribution is 2.02. The minimum absolute atomic E-state index is 0.910. The third kappa shape index (κ3) is 4.94. The molecule has 0 N–H and O–H groups in total. The van der Waals surface area contributed by atoms with Gasteiger partial charge in [-0.1, -0.05) is 0 Å². The van der Waals surface area contributed by atoms with Gasteiger partial charge in [0.15, 0.2) is 0 Å². The normalized spacial score (nSPS) is 21.0. The average molecular weight is 200 g/mol. The molecule has 1 saturated heterocycles. The number of nitrogens with zero attached hydrogens (tertiary/aromatic N) is 2. The lowest BCUT2D eigenvalue weighted by molar-refractivity contribution is 0.184. The van der Waals surface area contributed by atoms with Crippen molar-refractivity contribution in [3.05, 3.63) is 0 Å². The van der Waals surface area contributed by atoms with Crippen LogP contribution in [-0.4, -0.2) is 63.3 Å². The van der Waals surface area contributed by atoms with Crippen LogP contribution in [0.15, 0.2) is 0 Å². The van der Waals surface area contributed by atoms with Crippen LogP contribution in [-0.2, 0) is 4.74 Å². The fraction of sp³-hybridized carbons (Fsp3) is 1.00. The summed E-state index contributed by atoms with van der Waals surface area (Å²) in [4.78, 5) is 5.01. The molecular formula is C11H24N2O. The summed E-state index contributed by atoms with van der Waals surface area (Å²) in [6.45, 7) is 7.16. The fourth-order valence-corrected chi connectivity index (χ4v) is 1.91. The van der Waals surface area contributed by atoms with E-state index < -0.39 is 0 Å². The van der Waals surface area contributed by atoms with Crippen LogP contribution in [0.4, 0.5) is 0 Å². The van der Waals surface area contributed by atoms with E-state index in [0.29, 0.717) is 0 Å². The third-order valence-corrected chi connectivity index (χ3v) is 2.88. The standard InChI is InChI=1S/C11H24N2O/c1-12-6-5-8-13(10-9-12)7-3-4-11-14-2/h3-11H2,1-2H3.